The summed E-state index contributed by atoms with van der Waals surface area (Å²) < 4.78 is 3.83. The summed E-state index contributed by atoms with van der Waals surface area (Å²) >= 11 is 0.584. The van der Waals surface area contributed by atoms with Gasteiger partial charge in [0.25, 0.3) is 0 Å². The van der Waals surface area contributed by atoms with Crippen LogP contribution in [0.1, 0.15) is 17.3 Å². The first-order valence-electron chi connectivity index (χ1n) is 6.18. The van der Waals surface area contributed by atoms with Crippen molar-refractivity contribution in [2.45, 2.75) is 19.4 Å². The van der Waals surface area contributed by atoms with Gasteiger partial charge in [-0.15, -0.1) is 0 Å². The summed E-state index contributed by atoms with van der Waals surface area (Å²) in [4.78, 5) is 4.76. The van der Waals surface area contributed by atoms with E-state index in [1.54, 1.807) is 4.44 Å². The molecule has 18 heavy (non-hydrogen) atoms. The molecule has 1 saturated heterocycles. The molecule has 1 aliphatic heterocycles. The van der Waals surface area contributed by atoms with Crippen LogP contribution in [0.25, 0.3) is 0 Å². The fraction of sp³-hybridized carbons (Fsp3) is 0.357. The average Bonchev–Trinajstić information content (AvgIpc) is 3.01. The molecule has 1 fully saturated rings. The molecule has 96 valence electrons. The summed E-state index contributed by atoms with van der Waals surface area (Å²) in [7, 11) is 0. The Bertz CT molecular complexity index is 461. The van der Waals surface area contributed by atoms with Gasteiger partial charge in [0.2, 0.25) is 0 Å². The summed E-state index contributed by atoms with van der Waals surface area (Å²) in [6.45, 7) is 3.50. The van der Waals surface area contributed by atoms with Gasteiger partial charge in [-0.05, 0) is 0 Å². The van der Waals surface area contributed by atoms with E-state index in [0.717, 1.165) is 6.54 Å². The summed E-state index contributed by atoms with van der Waals surface area (Å²) in [5.41, 5.74) is 1.38. The van der Waals surface area contributed by atoms with Crippen LogP contribution in [-0.4, -0.2) is 27.6 Å². The average molecular weight is 328 g/mol. The molecule has 0 aromatic carbocycles. The molecule has 0 saturated carbocycles. The second kappa shape index (κ2) is 6.42. The maximum absolute atomic E-state index is 2.48. The van der Waals surface area contributed by atoms with Gasteiger partial charge in [-0.1, -0.05) is 0 Å². The van der Waals surface area contributed by atoms with E-state index in [1.165, 1.54) is 31.6 Å². The van der Waals surface area contributed by atoms with Crippen LogP contribution in [0.3, 0.4) is 0 Å². The Kier molecular flexibility index (Phi) is 4.87. The predicted molar refractivity (Wildman–Crippen MR) is 70.6 cm³/mol. The first-order chi connectivity index (χ1) is 8.42. The molecule has 0 amide bonds. The second-order valence-electron chi connectivity index (χ2n) is 4.50. The molecule has 2 nitrogen and oxygen atoms in total. The number of halogens is 1. The Hall–Kier alpha value is -0.761. The van der Waals surface area contributed by atoms with Crippen LogP contribution >= 0.6 is 0 Å². The van der Waals surface area contributed by atoms with Gasteiger partial charge in [0.1, 0.15) is 0 Å². The van der Waals surface area contributed by atoms with Crippen molar-refractivity contribution in [3.8, 4) is 0 Å². The molecule has 2 aromatic rings. The second-order valence-corrected chi connectivity index (χ2v) is 6.67. The quantitative estimate of drug-likeness (QED) is 0.501. The fourth-order valence-electron chi connectivity index (χ4n) is 2.32. The summed E-state index contributed by atoms with van der Waals surface area (Å²) in [5, 5.41) is 0. The molecule has 0 N–H and O–H groups in total. The third kappa shape index (κ3) is 3.17. The van der Waals surface area contributed by atoms with Crippen LogP contribution in [0.2, 0.25) is 0 Å². The Morgan fingerprint density at radius 2 is 1.83 bits per heavy atom. The van der Waals surface area contributed by atoms with E-state index in [1.807, 2.05) is 0 Å². The molecule has 0 unspecified atom stereocenters. The van der Waals surface area contributed by atoms with Gasteiger partial charge < -0.3 is 12.4 Å². The number of hydrogen-bond acceptors (Lipinski definition) is 1. The van der Waals surface area contributed by atoms with Gasteiger partial charge in [-0.3, -0.25) is 0 Å². The number of nitrogens with zero attached hydrogens (tertiary/aromatic N) is 2. The molecule has 1 aliphatic rings. The molecule has 0 spiro atoms. The van der Waals surface area contributed by atoms with E-state index in [0.29, 0.717) is 14.5 Å². The molecular weight excluding hydrogens is 311 g/mol. The Balaban J connectivity index is 0.00000120. The summed E-state index contributed by atoms with van der Waals surface area (Å²) in [6, 6.07) is 8.93. The number of hydrogen-bond donors (Lipinski definition) is 0. The normalized spacial score (nSPS) is 14.6. The SMILES string of the molecule is [Cl-].c1c[se]c(C[n+]2ccc(N3CCCC3)cc2)c1. The topological polar surface area (TPSA) is 7.12 Å². The zero-order valence-corrected chi connectivity index (χ0v) is 12.7. The standard InChI is InChI=1S/C14H17N2Se.ClH/c1-2-8-16(7-1)13-5-9-15(10-6-13)12-14-4-3-11-17-14;/h3-6,9-11H,1-2,7-8,12H2;1H/q+1;/p-1. The molecule has 3 rings (SSSR count). The van der Waals surface area contributed by atoms with E-state index in [2.05, 4.69) is 51.1 Å². The predicted octanol–water partition coefficient (Wildman–Crippen LogP) is -1.32. The van der Waals surface area contributed by atoms with E-state index < -0.39 is 0 Å². The fourth-order valence-corrected chi connectivity index (χ4v) is 3.82. The van der Waals surface area contributed by atoms with Crippen molar-refractivity contribution in [2.75, 3.05) is 18.0 Å². The van der Waals surface area contributed by atoms with Crippen molar-refractivity contribution in [3.63, 3.8) is 0 Å². The van der Waals surface area contributed by atoms with E-state index in [9.17, 15) is 0 Å². The first kappa shape index (κ1) is 13.7. The van der Waals surface area contributed by atoms with Crippen molar-refractivity contribution in [1.82, 2.24) is 0 Å². The molecule has 0 bridgehead atoms. The van der Waals surface area contributed by atoms with E-state index in [4.69, 9.17) is 0 Å². The van der Waals surface area contributed by atoms with E-state index in [-0.39, 0.29) is 12.4 Å². The molecule has 0 atom stereocenters. The molecule has 3 heterocycles. The Labute approximate surface area is 120 Å². The molecule has 4 heteroatoms. The van der Waals surface area contributed by atoms with Crippen LogP contribution in [0, 0.1) is 0 Å². The molecule has 2 aromatic heterocycles. The van der Waals surface area contributed by atoms with Crippen LogP contribution in [0.5, 0.6) is 0 Å². The third-order valence-electron chi connectivity index (χ3n) is 3.26. The summed E-state index contributed by atoms with van der Waals surface area (Å²) in [6.07, 6.45) is 7.11. The molecule has 0 aliphatic carbocycles. The van der Waals surface area contributed by atoms with Gasteiger partial charge >= 0.3 is 108 Å². The van der Waals surface area contributed by atoms with Gasteiger partial charge in [-0.25, -0.2) is 0 Å². The van der Waals surface area contributed by atoms with Crippen LogP contribution in [0.15, 0.2) is 41.6 Å². The Morgan fingerprint density at radius 1 is 1.11 bits per heavy atom. The van der Waals surface area contributed by atoms with Gasteiger partial charge in [0, 0.05) is 0 Å². The summed E-state index contributed by atoms with van der Waals surface area (Å²) in [5.74, 6) is 0. The van der Waals surface area contributed by atoms with Crippen molar-refractivity contribution in [1.29, 1.82) is 0 Å². The maximum atomic E-state index is 2.48. The van der Waals surface area contributed by atoms with Crippen molar-refractivity contribution in [2.24, 2.45) is 0 Å². The van der Waals surface area contributed by atoms with Crippen LogP contribution < -0.4 is 21.9 Å². The van der Waals surface area contributed by atoms with Crippen LogP contribution in [-0.2, 0) is 6.54 Å². The number of rotatable bonds is 3. The number of anilines is 1. The van der Waals surface area contributed by atoms with Gasteiger partial charge in [-0.2, -0.15) is 0 Å². The third-order valence-corrected chi connectivity index (χ3v) is 5.07. The minimum absolute atomic E-state index is 0. The monoisotopic (exact) mass is 328 g/mol. The number of aromatic nitrogens is 1. The molecular formula is C14H17ClN2Se. The van der Waals surface area contributed by atoms with E-state index >= 15 is 0 Å². The minimum atomic E-state index is 0. The van der Waals surface area contributed by atoms with Crippen molar-refractivity contribution in [3.05, 3.63) is 46.0 Å². The molecule has 0 radical (unpaired) electrons. The number of pyridine rings is 1. The zero-order chi connectivity index (χ0) is 11.5. The van der Waals surface area contributed by atoms with Crippen LogP contribution in [0.4, 0.5) is 5.69 Å². The van der Waals surface area contributed by atoms with Crippen molar-refractivity contribution < 1.29 is 17.0 Å². The zero-order valence-electron chi connectivity index (χ0n) is 10.3. The first-order valence-corrected chi connectivity index (χ1v) is 8.03. The Morgan fingerprint density at radius 3 is 2.44 bits per heavy atom. The van der Waals surface area contributed by atoms with Gasteiger partial charge in [0.05, 0.1) is 0 Å². The van der Waals surface area contributed by atoms with Crippen molar-refractivity contribution >= 4 is 20.2 Å². The van der Waals surface area contributed by atoms with Gasteiger partial charge in [0.15, 0.2) is 0 Å².